The summed E-state index contributed by atoms with van der Waals surface area (Å²) >= 11 is 7.36. The van der Waals surface area contributed by atoms with Crippen LogP contribution < -0.4 is 5.32 Å². The number of aromatic nitrogens is 4. The molecule has 11 heteroatoms. The van der Waals surface area contributed by atoms with E-state index >= 15 is 0 Å². The van der Waals surface area contributed by atoms with Crippen molar-refractivity contribution in [3.63, 3.8) is 0 Å². The number of nitrogens with one attached hydrogen (secondary N) is 1. The summed E-state index contributed by atoms with van der Waals surface area (Å²) in [5.74, 6) is -0.979. The molecule has 0 fully saturated rings. The molecule has 2 heterocycles. The summed E-state index contributed by atoms with van der Waals surface area (Å²) in [6.07, 6.45) is 1.12. The second kappa shape index (κ2) is 6.72. The van der Waals surface area contributed by atoms with Gasteiger partial charge in [0.15, 0.2) is 5.13 Å². The van der Waals surface area contributed by atoms with Crippen molar-refractivity contribution in [1.29, 1.82) is 0 Å². The van der Waals surface area contributed by atoms with Gasteiger partial charge >= 0.3 is 5.95 Å². The molecule has 0 bridgehead atoms. The van der Waals surface area contributed by atoms with Gasteiger partial charge in [0.25, 0.3) is 0 Å². The lowest BCUT2D eigenvalue weighted by atomic mass is 10.2. The molecule has 0 atom stereocenters. The third-order valence-electron chi connectivity index (χ3n) is 2.89. The molecule has 0 radical (unpaired) electrons. The van der Waals surface area contributed by atoms with E-state index in [-0.39, 0.29) is 6.54 Å². The van der Waals surface area contributed by atoms with E-state index < -0.39 is 16.8 Å². The monoisotopic (exact) mass is 364 g/mol. The van der Waals surface area contributed by atoms with E-state index in [4.69, 9.17) is 11.6 Å². The van der Waals surface area contributed by atoms with Crippen LogP contribution in [0.25, 0.3) is 11.3 Å². The molecule has 0 aliphatic heterocycles. The molecular weight excluding hydrogens is 356 g/mol. The number of carbonyl (C=O) groups excluding carboxylic acids is 1. The number of hydrogen-bond acceptors (Lipinski definition) is 7. The van der Waals surface area contributed by atoms with Crippen LogP contribution in [0.1, 0.15) is 0 Å². The Balaban J connectivity index is 1.67. The maximum absolute atomic E-state index is 11.9. The average molecular weight is 365 g/mol. The van der Waals surface area contributed by atoms with Gasteiger partial charge in [0.05, 0.1) is 5.69 Å². The lowest BCUT2D eigenvalue weighted by Crippen LogP contribution is -2.19. The Hall–Kier alpha value is -2.85. The van der Waals surface area contributed by atoms with E-state index in [0.717, 1.165) is 16.6 Å². The minimum Gasteiger partial charge on any atom is -0.390 e. The highest BCUT2D eigenvalue weighted by molar-refractivity contribution is 7.14. The van der Waals surface area contributed by atoms with Crippen molar-refractivity contribution >= 4 is 39.9 Å². The topological polar surface area (TPSA) is 116 Å². The SMILES string of the molecule is O=C(Cn1cnc([N+](=O)[O-])n1)Nc1nc(-c2ccccc2Cl)cs1. The van der Waals surface area contributed by atoms with E-state index in [1.165, 1.54) is 11.3 Å². The quantitative estimate of drug-likeness (QED) is 0.549. The first-order valence-electron chi connectivity index (χ1n) is 6.57. The first-order chi connectivity index (χ1) is 11.5. The summed E-state index contributed by atoms with van der Waals surface area (Å²) in [6, 6.07) is 7.25. The summed E-state index contributed by atoms with van der Waals surface area (Å²) in [7, 11) is 0. The number of anilines is 1. The van der Waals surface area contributed by atoms with Crippen molar-refractivity contribution < 1.29 is 9.72 Å². The molecule has 24 heavy (non-hydrogen) atoms. The molecule has 0 unspecified atom stereocenters. The second-order valence-electron chi connectivity index (χ2n) is 4.57. The minimum atomic E-state index is -0.731. The fraction of sp³-hybridized carbons (Fsp3) is 0.0769. The minimum absolute atomic E-state index is 0.207. The van der Waals surface area contributed by atoms with Crippen molar-refractivity contribution in [2.24, 2.45) is 0 Å². The Kier molecular flexibility index (Phi) is 4.49. The Morgan fingerprint density at radius 1 is 1.42 bits per heavy atom. The van der Waals surface area contributed by atoms with E-state index in [1.807, 2.05) is 18.2 Å². The van der Waals surface area contributed by atoms with Crippen LogP contribution in [0.4, 0.5) is 11.1 Å². The van der Waals surface area contributed by atoms with Gasteiger partial charge in [-0.15, -0.1) is 11.3 Å². The molecule has 0 aliphatic rings. The largest absolute Gasteiger partial charge is 0.490 e. The van der Waals surface area contributed by atoms with Crippen molar-refractivity contribution in [3.05, 3.63) is 51.1 Å². The van der Waals surface area contributed by atoms with E-state index in [9.17, 15) is 14.9 Å². The van der Waals surface area contributed by atoms with Crippen molar-refractivity contribution in [3.8, 4) is 11.3 Å². The molecule has 9 nitrogen and oxygen atoms in total. The van der Waals surface area contributed by atoms with Gasteiger partial charge in [0.2, 0.25) is 12.2 Å². The van der Waals surface area contributed by atoms with Crippen molar-refractivity contribution in [1.82, 2.24) is 19.7 Å². The third-order valence-corrected chi connectivity index (χ3v) is 3.98. The maximum atomic E-state index is 11.9. The number of halogens is 1. The highest BCUT2D eigenvalue weighted by Gasteiger charge is 2.16. The molecule has 122 valence electrons. The van der Waals surface area contributed by atoms with Gasteiger partial charge in [-0.25, -0.2) is 4.98 Å². The predicted octanol–water partition coefficient (Wildman–Crippen LogP) is 2.60. The summed E-state index contributed by atoms with van der Waals surface area (Å²) in [5, 5.41) is 19.4. The zero-order chi connectivity index (χ0) is 17.1. The van der Waals surface area contributed by atoms with Crippen LogP contribution in [0.3, 0.4) is 0 Å². The summed E-state index contributed by atoms with van der Waals surface area (Å²) in [6.45, 7) is -0.207. The van der Waals surface area contributed by atoms with Crippen LogP contribution in [0.2, 0.25) is 5.02 Å². The van der Waals surface area contributed by atoms with Gasteiger partial charge in [-0.3, -0.25) is 4.79 Å². The summed E-state index contributed by atoms with van der Waals surface area (Å²) in [4.78, 5) is 29.5. The molecule has 2 aromatic heterocycles. The molecule has 0 saturated carbocycles. The van der Waals surface area contributed by atoms with E-state index in [1.54, 1.807) is 11.4 Å². The number of nitro groups is 1. The fourth-order valence-corrected chi connectivity index (χ4v) is 2.83. The van der Waals surface area contributed by atoms with E-state index in [0.29, 0.717) is 15.8 Å². The van der Waals surface area contributed by atoms with Crippen LogP contribution in [-0.4, -0.2) is 30.6 Å². The number of benzene rings is 1. The lowest BCUT2D eigenvalue weighted by Gasteiger charge is -2.00. The van der Waals surface area contributed by atoms with Gasteiger partial charge in [0.1, 0.15) is 6.54 Å². The molecule has 3 aromatic rings. The Bertz CT molecular complexity index is 909. The van der Waals surface area contributed by atoms with Gasteiger partial charge in [-0.2, -0.15) is 4.68 Å². The number of hydrogen-bond donors (Lipinski definition) is 1. The third kappa shape index (κ3) is 3.55. The van der Waals surface area contributed by atoms with Crippen LogP contribution >= 0.6 is 22.9 Å². The lowest BCUT2D eigenvalue weighted by molar-refractivity contribution is -0.394. The van der Waals surface area contributed by atoms with Crippen LogP contribution in [0, 0.1) is 10.1 Å². The van der Waals surface area contributed by atoms with Crippen LogP contribution in [0.15, 0.2) is 36.0 Å². The number of thiazole rings is 1. The van der Waals surface area contributed by atoms with Crippen molar-refractivity contribution in [2.75, 3.05) is 5.32 Å². The van der Waals surface area contributed by atoms with Crippen LogP contribution in [-0.2, 0) is 11.3 Å². The highest BCUT2D eigenvalue weighted by Crippen LogP contribution is 2.30. The van der Waals surface area contributed by atoms with Gasteiger partial charge in [-0.1, -0.05) is 34.8 Å². The average Bonchev–Trinajstić information content (AvgIpc) is 3.17. The zero-order valence-electron chi connectivity index (χ0n) is 11.9. The van der Waals surface area contributed by atoms with Crippen molar-refractivity contribution in [2.45, 2.75) is 6.54 Å². The number of carbonyl (C=O) groups is 1. The molecule has 1 N–H and O–H groups in total. The number of nitrogens with zero attached hydrogens (tertiary/aromatic N) is 5. The second-order valence-corrected chi connectivity index (χ2v) is 5.83. The molecule has 0 saturated heterocycles. The van der Waals surface area contributed by atoms with E-state index in [2.05, 4.69) is 20.4 Å². The molecule has 0 spiro atoms. The molecule has 3 rings (SSSR count). The Labute approximate surface area is 144 Å². The summed E-state index contributed by atoms with van der Waals surface area (Å²) in [5.41, 5.74) is 1.42. The Morgan fingerprint density at radius 3 is 2.92 bits per heavy atom. The van der Waals surface area contributed by atoms with Gasteiger partial charge in [-0.05, 0) is 11.0 Å². The zero-order valence-corrected chi connectivity index (χ0v) is 13.5. The molecule has 1 aromatic carbocycles. The first kappa shape index (κ1) is 16.0. The molecular formula is C13H9ClN6O3S. The summed E-state index contributed by atoms with van der Waals surface area (Å²) < 4.78 is 1.08. The standard InChI is InChI=1S/C13H9ClN6O3S/c14-9-4-2-1-3-8(9)10-6-24-13(16-10)17-11(21)5-19-7-15-12(18-19)20(22)23/h1-4,6-7H,5H2,(H,16,17,21). The molecule has 0 aliphatic carbocycles. The van der Waals surface area contributed by atoms with Gasteiger partial charge in [0, 0.05) is 21.1 Å². The molecule has 1 amide bonds. The first-order valence-corrected chi connectivity index (χ1v) is 7.83. The van der Waals surface area contributed by atoms with Gasteiger partial charge < -0.3 is 15.4 Å². The Morgan fingerprint density at radius 2 is 2.21 bits per heavy atom. The fourth-order valence-electron chi connectivity index (χ4n) is 1.87. The highest BCUT2D eigenvalue weighted by atomic mass is 35.5. The normalized spacial score (nSPS) is 10.5. The number of rotatable bonds is 5. The predicted molar refractivity (Wildman–Crippen MR) is 87.9 cm³/mol. The van der Waals surface area contributed by atoms with Crippen LogP contribution in [0.5, 0.6) is 0 Å². The smallest absolute Gasteiger partial charge is 0.390 e. The maximum Gasteiger partial charge on any atom is 0.490 e. The number of amides is 1.